The number of nitrogens with one attached hydrogen (secondary N) is 1. The van der Waals surface area contributed by atoms with E-state index in [-0.39, 0.29) is 0 Å². The number of hydrogen-bond acceptors (Lipinski definition) is 4. The third kappa shape index (κ3) is 3.67. The van der Waals surface area contributed by atoms with E-state index in [9.17, 15) is 8.42 Å². The summed E-state index contributed by atoms with van der Waals surface area (Å²) in [5, 5.41) is 5.40. The molecule has 6 heteroatoms. The van der Waals surface area contributed by atoms with Crippen molar-refractivity contribution < 1.29 is 8.42 Å². The van der Waals surface area contributed by atoms with Crippen LogP contribution in [-0.4, -0.2) is 31.9 Å². The van der Waals surface area contributed by atoms with Crippen LogP contribution >= 0.6 is 11.3 Å². The number of thiophene rings is 1. The van der Waals surface area contributed by atoms with Crippen molar-refractivity contribution in [3.8, 4) is 0 Å². The second-order valence-electron chi connectivity index (χ2n) is 6.70. The van der Waals surface area contributed by atoms with Gasteiger partial charge >= 0.3 is 0 Å². The molecule has 2 fully saturated rings. The largest absolute Gasteiger partial charge is 0.310 e. The predicted octanol–water partition coefficient (Wildman–Crippen LogP) is 2.67. The van der Waals surface area contributed by atoms with Crippen LogP contribution < -0.4 is 5.32 Å². The molecule has 1 aromatic rings. The Balaban J connectivity index is 1.71. The lowest BCUT2D eigenvalue weighted by atomic mass is 9.94. The number of nitrogens with zero attached hydrogens (tertiary/aromatic N) is 1. The molecule has 0 amide bonds. The van der Waals surface area contributed by atoms with E-state index in [1.54, 1.807) is 4.31 Å². The number of hydrogen-bond donors (Lipinski definition) is 1. The third-order valence-electron chi connectivity index (χ3n) is 4.23. The molecule has 1 aliphatic heterocycles. The van der Waals surface area contributed by atoms with E-state index < -0.39 is 10.0 Å². The van der Waals surface area contributed by atoms with Crippen molar-refractivity contribution in [1.82, 2.24) is 9.62 Å². The van der Waals surface area contributed by atoms with Crippen LogP contribution in [0.3, 0.4) is 0 Å². The van der Waals surface area contributed by atoms with Gasteiger partial charge in [0.25, 0.3) is 10.0 Å². The molecule has 1 N–H and O–H groups in total. The van der Waals surface area contributed by atoms with Gasteiger partial charge in [0.15, 0.2) is 0 Å². The first kappa shape index (κ1) is 15.5. The highest BCUT2D eigenvalue weighted by Crippen LogP contribution is 2.30. The molecule has 0 radical (unpaired) electrons. The summed E-state index contributed by atoms with van der Waals surface area (Å²) in [6.45, 7) is 6.36. The monoisotopic (exact) mass is 328 g/mol. The third-order valence-corrected chi connectivity index (χ3v) is 7.53. The molecule has 118 valence electrons. The summed E-state index contributed by atoms with van der Waals surface area (Å²) < 4.78 is 27.7. The number of sulfonamides is 1. The molecular formula is C15H24N2O2S2. The van der Waals surface area contributed by atoms with Crippen molar-refractivity contribution in [2.24, 2.45) is 11.8 Å². The van der Waals surface area contributed by atoms with Gasteiger partial charge < -0.3 is 5.32 Å². The molecule has 1 saturated carbocycles. The summed E-state index contributed by atoms with van der Waals surface area (Å²) in [7, 11) is -3.31. The van der Waals surface area contributed by atoms with Crippen molar-refractivity contribution in [3.05, 3.63) is 17.0 Å². The molecule has 2 unspecified atom stereocenters. The zero-order valence-electron chi connectivity index (χ0n) is 12.7. The van der Waals surface area contributed by atoms with Gasteiger partial charge in [0.2, 0.25) is 0 Å². The Morgan fingerprint density at radius 2 is 1.95 bits per heavy atom. The van der Waals surface area contributed by atoms with Gasteiger partial charge in [-0.15, -0.1) is 11.3 Å². The topological polar surface area (TPSA) is 49.4 Å². The minimum atomic E-state index is -3.31. The molecule has 1 aliphatic carbocycles. The Bertz CT molecular complexity index is 583. The van der Waals surface area contributed by atoms with Crippen molar-refractivity contribution >= 4 is 21.4 Å². The second kappa shape index (κ2) is 5.99. The summed E-state index contributed by atoms with van der Waals surface area (Å²) in [4.78, 5) is 0. The highest BCUT2D eigenvalue weighted by Gasteiger charge is 2.32. The van der Waals surface area contributed by atoms with Crippen LogP contribution in [0.1, 0.15) is 38.7 Å². The first-order valence-electron chi connectivity index (χ1n) is 7.76. The maximum absolute atomic E-state index is 12.8. The molecule has 2 heterocycles. The van der Waals surface area contributed by atoms with E-state index in [1.807, 2.05) is 11.4 Å². The highest BCUT2D eigenvalue weighted by atomic mass is 32.2. The van der Waals surface area contributed by atoms with Gasteiger partial charge in [-0.3, -0.25) is 0 Å². The van der Waals surface area contributed by atoms with Gasteiger partial charge in [-0.1, -0.05) is 13.8 Å². The van der Waals surface area contributed by atoms with Gasteiger partial charge in [-0.25, -0.2) is 8.42 Å². The van der Waals surface area contributed by atoms with E-state index in [0.717, 1.165) is 18.5 Å². The first-order chi connectivity index (χ1) is 9.95. The fourth-order valence-corrected chi connectivity index (χ4v) is 6.10. The predicted molar refractivity (Wildman–Crippen MR) is 85.9 cm³/mol. The number of rotatable bonds is 5. The lowest BCUT2D eigenvalue weighted by Gasteiger charge is -2.33. The summed E-state index contributed by atoms with van der Waals surface area (Å²) >= 11 is 1.36. The standard InChI is InChI=1S/C15H24N2O2S2/c1-11-5-12(2)9-17(8-11)21(18,19)15-6-13(10-20-15)7-16-14-3-4-14/h6,10-12,14,16H,3-5,7-9H2,1-2H3. The molecule has 0 aromatic carbocycles. The molecule has 1 saturated heterocycles. The lowest BCUT2D eigenvalue weighted by Crippen LogP contribution is -2.42. The zero-order chi connectivity index (χ0) is 15.0. The van der Waals surface area contributed by atoms with Crippen molar-refractivity contribution in [1.29, 1.82) is 0 Å². The van der Waals surface area contributed by atoms with Crippen molar-refractivity contribution in [3.63, 3.8) is 0 Å². The first-order valence-corrected chi connectivity index (χ1v) is 10.1. The maximum atomic E-state index is 12.8. The minimum absolute atomic E-state index is 0.444. The van der Waals surface area contributed by atoms with E-state index in [2.05, 4.69) is 19.2 Å². The summed E-state index contributed by atoms with van der Waals surface area (Å²) in [6, 6.07) is 2.49. The van der Waals surface area contributed by atoms with E-state index in [0.29, 0.717) is 35.2 Å². The van der Waals surface area contributed by atoms with Crippen LogP contribution in [0.15, 0.2) is 15.7 Å². The highest BCUT2D eigenvalue weighted by molar-refractivity contribution is 7.91. The fraction of sp³-hybridized carbons (Fsp3) is 0.733. The molecule has 4 nitrogen and oxygen atoms in total. The van der Waals surface area contributed by atoms with Gasteiger partial charge in [-0.05, 0) is 48.1 Å². The average molecular weight is 329 g/mol. The molecule has 3 rings (SSSR count). The molecule has 2 aliphatic rings. The zero-order valence-corrected chi connectivity index (χ0v) is 14.3. The normalized spacial score (nSPS) is 27.9. The molecular weight excluding hydrogens is 304 g/mol. The maximum Gasteiger partial charge on any atom is 0.252 e. The summed E-state index contributed by atoms with van der Waals surface area (Å²) in [5.41, 5.74) is 1.09. The minimum Gasteiger partial charge on any atom is -0.310 e. The Morgan fingerprint density at radius 1 is 1.29 bits per heavy atom. The van der Waals surface area contributed by atoms with Crippen LogP contribution in [0.2, 0.25) is 0 Å². The van der Waals surface area contributed by atoms with E-state index in [4.69, 9.17) is 0 Å². The SMILES string of the molecule is CC1CC(C)CN(S(=O)(=O)c2cc(CNC3CC3)cs2)C1. The van der Waals surface area contributed by atoms with Gasteiger partial charge in [0.05, 0.1) is 0 Å². The van der Waals surface area contributed by atoms with Gasteiger partial charge in [0.1, 0.15) is 4.21 Å². The molecule has 0 spiro atoms. The van der Waals surface area contributed by atoms with Gasteiger partial charge in [-0.2, -0.15) is 4.31 Å². The Kier molecular flexibility index (Phi) is 4.41. The van der Waals surface area contributed by atoms with Crippen LogP contribution in [0.4, 0.5) is 0 Å². The molecule has 2 atom stereocenters. The van der Waals surface area contributed by atoms with E-state index in [1.165, 1.54) is 24.2 Å². The summed E-state index contributed by atoms with van der Waals surface area (Å²) in [5.74, 6) is 0.888. The average Bonchev–Trinajstić information content (AvgIpc) is 3.11. The van der Waals surface area contributed by atoms with Crippen LogP contribution in [0.25, 0.3) is 0 Å². The Labute approximate surface area is 131 Å². The quantitative estimate of drug-likeness (QED) is 0.904. The lowest BCUT2D eigenvalue weighted by molar-refractivity contribution is 0.223. The number of piperidine rings is 1. The van der Waals surface area contributed by atoms with Crippen molar-refractivity contribution in [2.45, 2.75) is 49.9 Å². The molecule has 1 aromatic heterocycles. The van der Waals surface area contributed by atoms with Gasteiger partial charge in [0, 0.05) is 25.7 Å². The van der Waals surface area contributed by atoms with Crippen LogP contribution in [0, 0.1) is 11.8 Å². The Morgan fingerprint density at radius 3 is 2.57 bits per heavy atom. The van der Waals surface area contributed by atoms with Crippen LogP contribution in [-0.2, 0) is 16.6 Å². The van der Waals surface area contributed by atoms with Crippen LogP contribution in [0.5, 0.6) is 0 Å². The second-order valence-corrected chi connectivity index (χ2v) is 9.77. The Hall–Kier alpha value is -0.430. The smallest absolute Gasteiger partial charge is 0.252 e. The van der Waals surface area contributed by atoms with E-state index >= 15 is 0 Å². The summed E-state index contributed by atoms with van der Waals surface area (Å²) in [6.07, 6.45) is 3.62. The molecule has 21 heavy (non-hydrogen) atoms. The fourth-order valence-electron chi connectivity index (χ4n) is 3.06. The van der Waals surface area contributed by atoms with Crippen molar-refractivity contribution in [2.75, 3.05) is 13.1 Å². The molecule has 0 bridgehead atoms.